The van der Waals surface area contributed by atoms with Gasteiger partial charge in [0, 0.05) is 12.5 Å². The molecule has 0 fully saturated rings. The van der Waals surface area contributed by atoms with Gasteiger partial charge in [-0.1, -0.05) is 54.6 Å². The molecule has 0 aliphatic rings. The van der Waals surface area contributed by atoms with Crippen molar-refractivity contribution < 1.29 is 14.8 Å². The SMILES string of the molecule is CC(=O)c1ccc(-c2cccc(C=C[C@H](C)N(O)C(C)=O)c2)cc1. The zero-order valence-corrected chi connectivity index (χ0v) is 14.1. The van der Waals surface area contributed by atoms with Crippen molar-refractivity contribution in [1.82, 2.24) is 5.06 Å². The molecule has 2 aromatic carbocycles. The molecule has 1 atom stereocenters. The second-order valence-corrected chi connectivity index (χ2v) is 5.72. The second-order valence-electron chi connectivity index (χ2n) is 5.72. The maximum Gasteiger partial charge on any atom is 0.243 e. The number of Topliss-reactive ketones (excluding diaryl/α,β-unsaturated/α-hetero) is 1. The molecule has 124 valence electrons. The van der Waals surface area contributed by atoms with E-state index in [-0.39, 0.29) is 5.78 Å². The molecule has 1 amide bonds. The van der Waals surface area contributed by atoms with Crippen LogP contribution in [0.4, 0.5) is 0 Å². The van der Waals surface area contributed by atoms with Gasteiger partial charge in [-0.25, -0.2) is 5.06 Å². The van der Waals surface area contributed by atoms with Crippen molar-refractivity contribution in [3.63, 3.8) is 0 Å². The van der Waals surface area contributed by atoms with Crippen LogP contribution in [0.15, 0.2) is 54.6 Å². The highest BCUT2D eigenvalue weighted by Gasteiger charge is 2.10. The molecular weight excluding hydrogens is 302 g/mol. The highest BCUT2D eigenvalue weighted by molar-refractivity contribution is 5.94. The number of nitrogens with zero attached hydrogens (tertiary/aromatic N) is 1. The van der Waals surface area contributed by atoms with Crippen LogP contribution in [0.3, 0.4) is 0 Å². The average molecular weight is 323 g/mol. The van der Waals surface area contributed by atoms with E-state index in [4.69, 9.17) is 0 Å². The lowest BCUT2D eigenvalue weighted by Gasteiger charge is -2.17. The minimum absolute atomic E-state index is 0.0475. The smallest absolute Gasteiger partial charge is 0.243 e. The third-order valence-corrected chi connectivity index (χ3v) is 3.79. The fraction of sp³-hybridized carbons (Fsp3) is 0.200. The minimum Gasteiger partial charge on any atom is -0.295 e. The molecule has 24 heavy (non-hydrogen) atoms. The summed E-state index contributed by atoms with van der Waals surface area (Å²) in [6.45, 7) is 4.60. The van der Waals surface area contributed by atoms with E-state index in [1.807, 2.05) is 54.6 Å². The molecule has 1 N–H and O–H groups in total. The van der Waals surface area contributed by atoms with Gasteiger partial charge < -0.3 is 0 Å². The van der Waals surface area contributed by atoms with Gasteiger partial charge in [-0.15, -0.1) is 0 Å². The first-order valence-corrected chi connectivity index (χ1v) is 7.77. The topological polar surface area (TPSA) is 57.6 Å². The van der Waals surface area contributed by atoms with Crippen molar-refractivity contribution in [2.75, 3.05) is 0 Å². The Morgan fingerprint density at radius 3 is 2.29 bits per heavy atom. The van der Waals surface area contributed by atoms with Gasteiger partial charge in [0.2, 0.25) is 5.91 Å². The van der Waals surface area contributed by atoms with Gasteiger partial charge in [0.25, 0.3) is 0 Å². The molecule has 0 saturated heterocycles. The lowest BCUT2D eigenvalue weighted by Crippen LogP contribution is -2.32. The maximum absolute atomic E-state index is 11.3. The summed E-state index contributed by atoms with van der Waals surface area (Å²) in [5.41, 5.74) is 3.71. The Morgan fingerprint density at radius 2 is 1.71 bits per heavy atom. The normalized spacial score (nSPS) is 12.2. The molecule has 0 unspecified atom stereocenters. The first-order chi connectivity index (χ1) is 11.4. The van der Waals surface area contributed by atoms with Crippen LogP contribution in [0, 0.1) is 0 Å². The molecule has 4 heteroatoms. The van der Waals surface area contributed by atoms with Gasteiger partial charge in [-0.05, 0) is 36.6 Å². The Labute approximate surface area is 142 Å². The number of carbonyl (C=O) groups is 2. The Balaban J connectivity index is 2.19. The molecule has 0 aromatic heterocycles. The van der Waals surface area contributed by atoms with Gasteiger partial charge in [0.05, 0.1) is 6.04 Å². The molecule has 0 aliphatic carbocycles. The third kappa shape index (κ3) is 4.40. The van der Waals surface area contributed by atoms with E-state index >= 15 is 0 Å². The summed E-state index contributed by atoms with van der Waals surface area (Å²) >= 11 is 0. The van der Waals surface area contributed by atoms with Gasteiger partial charge in [-0.2, -0.15) is 0 Å². The summed E-state index contributed by atoms with van der Waals surface area (Å²) in [5, 5.41) is 10.3. The minimum atomic E-state index is -0.402. The molecule has 2 aromatic rings. The van der Waals surface area contributed by atoms with E-state index < -0.39 is 11.9 Å². The zero-order valence-electron chi connectivity index (χ0n) is 14.1. The van der Waals surface area contributed by atoms with E-state index in [1.165, 1.54) is 6.92 Å². The number of rotatable bonds is 5. The van der Waals surface area contributed by atoms with Crippen molar-refractivity contribution in [3.05, 3.63) is 65.7 Å². The average Bonchev–Trinajstić information content (AvgIpc) is 2.59. The number of hydroxylamine groups is 2. The predicted octanol–water partition coefficient (Wildman–Crippen LogP) is 4.20. The van der Waals surface area contributed by atoms with Gasteiger partial charge >= 0.3 is 0 Å². The first-order valence-electron chi connectivity index (χ1n) is 7.77. The van der Waals surface area contributed by atoms with Crippen LogP contribution in [0.25, 0.3) is 17.2 Å². The molecule has 0 bridgehead atoms. The monoisotopic (exact) mass is 323 g/mol. The summed E-state index contributed by atoms with van der Waals surface area (Å²) in [4.78, 5) is 22.5. The highest BCUT2D eigenvalue weighted by Crippen LogP contribution is 2.22. The zero-order chi connectivity index (χ0) is 17.7. The van der Waals surface area contributed by atoms with Crippen molar-refractivity contribution in [1.29, 1.82) is 0 Å². The predicted molar refractivity (Wildman–Crippen MR) is 94.7 cm³/mol. The molecule has 0 spiro atoms. The van der Waals surface area contributed by atoms with Gasteiger partial charge in [0.15, 0.2) is 5.78 Å². The largest absolute Gasteiger partial charge is 0.295 e. The fourth-order valence-electron chi connectivity index (χ4n) is 2.34. The summed E-state index contributed by atoms with van der Waals surface area (Å²) in [7, 11) is 0. The Kier molecular flexibility index (Phi) is 5.66. The molecule has 2 rings (SSSR count). The molecule has 0 heterocycles. The Morgan fingerprint density at radius 1 is 1.04 bits per heavy atom. The highest BCUT2D eigenvalue weighted by atomic mass is 16.5. The molecule has 0 aliphatic heterocycles. The second kappa shape index (κ2) is 7.70. The van der Waals surface area contributed by atoms with Crippen LogP contribution in [0.1, 0.15) is 36.7 Å². The van der Waals surface area contributed by atoms with Crippen LogP contribution >= 0.6 is 0 Å². The number of amides is 1. The van der Waals surface area contributed by atoms with Crippen molar-refractivity contribution >= 4 is 17.8 Å². The Hall–Kier alpha value is -2.72. The fourth-order valence-corrected chi connectivity index (χ4v) is 2.34. The lowest BCUT2D eigenvalue weighted by atomic mass is 10.0. The number of hydrogen-bond acceptors (Lipinski definition) is 3. The number of benzene rings is 2. The van der Waals surface area contributed by atoms with E-state index in [0.717, 1.165) is 16.7 Å². The Bertz CT molecular complexity index is 763. The summed E-state index contributed by atoms with van der Waals surface area (Å²) < 4.78 is 0. The van der Waals surface area contributed by atoms with Crippen LogP contribution in [-0.2, 0) is 4.79 Å². The molecule has 0 saturated carbocycles. The molecular formula is C20H21NO3. The third-order valence-electron chi connectivity index (χ3n) is 3.79. The summed E-state index contributed by atoms with van der Waals surface area (Å²) in [5.74, 6) is -0.349. The van der Waals surface area contributed by atoms with Crippen molar-refractivity contribution in [2.24, 2.45) is 0 Å². The van der Waals surface area contributed by atoms with Crippen LogP contribution in [0.2, 0.25) is 0 Å². The standard InChI is InChI=1S/C20H21NO3/c1-14(21(24)16(3)23)7-8-17-5-4-6-20(13-17)19-11-9-18(10-12-19)15(2)22/h4-14,24H,1-3H3/t14-/m0/s1. The number of ketones is 1. The molecule has 4 nitrogen and oxygen atoms in total. The first kappa shape index (κ1) is 17.6. The number of hydrogen-bond donors (Lipinski definition) is 1. The van der Waals surface area contributed by atoms with Crippen LogP contribution < -0.4 is 0 Å². The van der Waals surface area contributed by atoms with Gasteiger partial charge in [0.1, 0.15) is 0 Å². The van der Waals surface area contributed by atoms with Crippen LogP contribution in [-0.4, -0.2) is 28.0 Å². The molecule has 0 radical (unpaired) electrons. The van der Waals surface area contributed by atoms with E-state index in [9.17, 15) is 14.8 Å². The van der Waals surface area contributed by atoms with Crippen LogP contribution in [0.5, 0.6) is 0 Å². The quantitative estimate of drug-likeness (QED) is 0.510. The van der Waals surface area contributed by atoms with E-state index in [0.29, 0.717) is 10.6 Å². The van der Waals surface area contributed by atoms with E-state index in [2.05, 4.69) is 0 Å². The van der Waals surface area contributed by atoms with Gasteiger partial charge in [-0.3, -0.25) is 14.8 Å². The lowest BCUT2D eigenvalue weighted by molar-refractivity contribution is -0.167. The van der Waals surface area contributed by atoms with E-state index in [1.54, 1.807) is 19.9 Å². The maximum atomic E-state index is 11.3. The number of carbonyl (C=O) groups excluding carboxylic acids is 2. The van der Waals surface area contributed by atoms with Crippen molar-refractivity contribution in [2.45, 2.75) is 26.8 Å². The van der Waals surface area contributed by atoms with Crippen molar-refractivity contribution in [3.8, 4) is 11.1 Å². The summed E-state index contributed by atoms with van der Waals surface area (Å²) in [6, 6.07) is 15.0. The summed E-state index contributed by atoms with van der Waals surface area (Å²) in [6.07, 6.45) is 3.63.